The van der Waals surface area contributed by atoms with E-state index in [0.717, 1.165) is 16.9 Å². The number of ether oxygens (including phenoxy) is 1. The lowest BCUT2D eigenvalue weighted by atomic mass is 9.86. The van der Waals surface area contributed by atoms with Gasteiger partial charge in [0.05, 0.1) is 29.0 Å². The van der Waals surface area contributed by atoms with E-state index in [1.54, 1.807) is 7.11 Å². The number of nitriles is 1. The van der Waals surface area contributed by atoms with Crippen LogP contribution in [0.4, 0.5) is 0 Å². The highest BCUT2D eigenvalue weighted by atomic mass is 32.2. The second-order valence-electron chi connectivity index (χ2n) is 5.91. The lowest BCUT2D eigenvalue weighted by molar-refractivity contribution is 0.0985. The summed E-state index contributed by atoms with van der Waals surface area (Å²) < 4.78 is 5.19. The van der Waals surface area contributed by atoms with Gasteiger partial charge in [-0.3, -0.25) is 4.79 Å². The van der Waals surface area contributed by atoms with Crippen molar-refractivity contribution in [3.05, 3.63) is 75.8 Å². The molecule has 0 unspecified atom stereocenters. The molecule has 0 aliphatic carbocycles. The lowest BCUT2D eigenvalue weighted by Crippen LogP contribution is -2.23. The Bertz CT molecular complexity index is 864. The van der Waals surface area contributed by atoms with Gasteiger partial charge in [-0.25, -0.2) is 0 Å². The molecule has 4 nitrogen and oxygen atoms in total. The molecule has 0 spiro atoms. The monoisotopic (exact) mass is 350 g/mol. The number of ketones is 1. The van der Waals surface area contributed by atoms with Gasteiger partial charge >= 0.3 is 0 Å². The largest absolute Gasteiger partial charge is 0.497 e. The normalized spacial score (nSPS) is 19.6. The first-order valence-corrected chi connectivity index (χ1v) is 8.74. The standard InChI is InChI=1S/C20H18N2O2S/c1-12-3-5-14(6-4-12)18(23)19-17(16(11-21)20(22)25-19)13-7-9-15(24-2)10-8-13/h3-10,17,19H,22H2,1-2H3/t17-,19-/m0/s1. The molecule has 1 aliphatic rings. The molecule has 3 rings (SSSR count). The molecule has 2 aromatic rings. The quantitative estimate of drug-likeness (QED) is 0.849. The van der Waals surface area contributed by atoms with Crippen LogP contribution in [0.25, 0.3) is 0 Å². The molecule has 0 fully saturated rings. The Morgan fingerprint density at radius 3 is 2.36 bits per heavy atom. The summed E-state index contributed by atoms with van der Waals surface area (Å²) in [6.45, 7) is 1.98. The maximum absolute atomic E-state index is 13.0. The highest BCUT2D eigenvalue weighted by molar-refractivity contribution is 8.04. The smallest absolute Gasteiger partial charge is 0.177 e. The van der Waals surface area contributed by atoms with Crippen LogP contribution in [-0.2, 0) is 0 Å². The number of benzene rings is 2. The zero-order valence-electron chi connectivity index (χ0n) is 14.0. The van der Waals surface area contributed by atoms with Crippen LogP contribution in [0.1, 0.15) is 27.4 Å². The molecule has 0 bridgehead atoms. The molecule has 2 N–H and O–H groups in total. The average Bonchev–Trinajstić information content (AvgIpc) is 2.98. The van der Waals surface area contributed by atoms with E-state index in [4.69, 9.17) is 10.5 Å². The zero-order chi connectivity index (χ0) is 18.0. The van der Waals surface area contributed by atoms with Crippen LogP contribution < -0.4 is 10.5 Å². The van der Waals surface area contributed by atoms with Crippen molar-refractivity contribution in [2.24, 2.45) is 5.73 Å². The number of allylic oxidation sites excluding steroid dienone is 1. The maximum Gasteiger partial charge on any atom is 0.177 e. The van der Waals surface area contributed by atoms with Gasteiger partial charge in [0.25, 0.3) is 0 Å². The van der Waals surface area contributed by atoms with Crippen molar-refractivity contribution in [1.29, 1.82) is 5.26 Å². The average molecular weight is 350 g/mol. The van der Waals surface area contributed by atoms with Gasteiger partial charge in [-0.1, -0.05) is 53.7 Å². The molecule has 5 heteroatoms. The van der Waals surface area contributed by atoms with E-state index >= 15 is 0 Å². The Kier molecular flexibility index (Phi) is 4.82. The summed E-state index contributed by atoms with van der Waals surface area (Å²) in [4.78, 5) is 13.0. The lowest BCUT2D eigenvalue weighted by Gasteiger charge is -2.19. The van der Waals surface area contributed by atoms with Crippen LogP contribution in [0.2, 0.25) is 0 Å². The highest BCUT2D eigenvalue weighted by Crippen LogP contribution is 2.46. The SMILES string of the molecule is COc1ccc([C@H]2C(C#N)=C(N)S[C@@H]2C(=O)c2ccc(C)cc2)cc1. The van der Waals surface area contributed by atoms with Crippen LogP contribution in [0, 0.1) is 18.3 Å². The summed E-state index contributed by atoms with van der Waals surface area (Å²) in [5.74, 6) is 0.361. The van der Waals surface area contributed by atoms with Crippen LogP contribution in [0.5, 0.6) is 5.75 Å². The Hall–Kier alpha value is -2.71. The van der Waals surface area contributed by atoms with E-state index in [2.05, 4.69) is 6.07 Å². The minimum absolute atomic E-state index is 0.0148. The number of nitrogens with zero attached hydrogens (tertiary/aromatic N) is 1. The summed E-state index contributed by atoms with van der Waals surface area (Å²) in [6.07, 6.45) is 0. The molecule has 0 amide bonds. The zero-order valence-corrected chi connectivity index (χ0v) is 14.8. The van der Waals surface area contributed by atoms with Gasteiger partial charge in [-0.2, -0.15) is 5.26 Å². The number of hydrogen-bond donors (Lipinski definition) is 1. The van der Waals surface area contributed by atoms with E-state index in [-0.39, 0.29) is 11.7 Å². The minimum Gasteiger partial charge on any atom is -0.497 e. The van der Waals surface area contributed by atoms with Crippen LogP contribution in [0.3, 0.4) is 0 Å². The van der Waals surface area contributed by atoms with Gasteiger partial charge in [0.2, 0.25) is 0 Å². The van der Waals surface area contributed by atoms with Crippen molar-refractivity contribution in [2.45, 2.75) is 18.1 Å². The van der Waals surface area contributed by atoms with Crippen LogP contribution in [-0.4, -0.2) is 18.1 Å². The third-order valence-electron chi connectivity index (χ3n) is 4.32. The topological polar surface area (TPSA) is 76.1 Å². The summed E-state index contributed by atoms with van der Waals surface area (Å²) >= 11 is 1.27. The van der Waals surface area contributed by atoms with Gasteiger partial charge in [0.15, 0.2) is 5.78 Å². The molecule has 2 atom stereocenters. The summed E-state index contributed by atoms with van der Waals surface area (Å²) in [5.41, 5.74) is 9.12. The maximum atomic E-state index is 13.0. The third-order valence-corrected chi connectivity index (χ3v) is 5.54. The molecule has 25 heavy (non-hydrogen) atoms. The second-order valence-corrected chi connectivity index (χ2v) is 7.09. The van der Waals surface area contributed by atoms with E-state index in [9.17, 15) is 10.1 Å². The summed E-state index contributed by atoms with van der Waals surface area (Å²) in [6, 6.07) is 17.1. The van der Waals surface area contributed by atoms with E-state index in [1.165, 1.54) is 11.8 Å². The fourth-order valence-corrected chi connectivity index (χ4v) is 4.18. The molecule has 2 aromatic carbocycles. The van der Waals surface area contributed by atoms with Gasteiger partial charge in [-0.05, 0) is 24.6 Å². The fraction of sp³-hybridized carbons (Fsp3) is 0.200. The molecule has 126 valence electrons. The first-order valence-electron chi connectivity index (χ1n) is 7.86. The van der Waals surface area contributed by atoms with Gasteiger partial charge < -0.3 is 10.5 Å². The van der Waals surface area contributed by atoms with Crippen molar-refractivity contribution < 1.29 is 9.53 Å². The molecule has 0 aromatic heterocycles. The first kappa shape index (κ1) is 17.1. The predicted molar refractivity (Wildman–Crippen MR) is 99.4 cm³/mol. The molecule has 0 saturated carbocycles. The number of thioether (sulfide) groups is 1. The first-order chi connectivity index (χ1) is 12.0. The number of carbonyl (C=O) groups excluding carboxylic acids is 1. The number of nitrogens with two attached hydrogens (primary N) is 1. The number of aryl methyl sites for hydroxylation is 1. The molecule has 0 radical (unpaired) electrons. The highest BCUT2D eigenvalue weighted by Gasteiger charge is 2.40. The summed E-state index contributed by atoms with van der Waals surface area (Å²) in [7, 11) is 1.60. The second kappa shape index (κ2) is 7.04. The number of hydrogen-bond acceptors (Lipinski definition) is 5. The van der Waals surface area contributed by atoms with E-state index < -0.39 is 5.25 Å². The Morgan fingerprint density at radius 2 is 1.80 bits per heavy atom. The molecule has 0 saturated heterocycles. The van der Waals surface area contributed by atoms with Gasteiger partial charge in [0, 0.05) is 11.5 Å². The van der Waals surface area contributed by atoms with E-state index in [0.29, 0.717) is 16.2 Å². The molecule has 1 aliphatic heterocycles. The van der Waals surface area contributed by atoms with Crippen LogP contribution >= 0.6 is 11.8 Å². The predicted octanol–water partition coefficient (Wildman–Crippen LogP) is 3.78. The number of Topliss-reactive ketones (excluding diaryl/α,β-unsaturated/α-hetero) is 1. The molecule has 1 heterocycles. The van der Waals surface area contributed by atoms with E-state index in [1.807, 2.05) is 55.5 Å². The number of carbonyl (C=O) groups is 1. The van der Waals surface area contributed by atoms with Crippen LogP contribution in [0.15, 0.2) is 59.1 Å². The Balaban J connectivity index is 1.99. The Morgan fingerprint density at radius 1 is 1.16 bits per heavy atom. The minimum atomic E-state index is -0.439. The van der Waals surface area contributed by atoms with Crippen molar-refractivity contribution in [3.8, 4) is 11.8 Å². The van der Waals surface area contributed by atoms with Crippen molar-refractivity contribution >= 4 is 17.5 Å². The number of rotatable bonds is 4. The van der Waals surface area contributed by atoms with Gasteiger partial charge in [-0.15, -0.1) is 0 Å². The third kappa shape index (κ3) is 3.26. The van der Waals surface area contributed by atoms with Crippen molar-refractivity contribution in [2.75, 3.05) is 7.11 Å². The van der Waals surface area contributed by atoms with Gasteiger partial charge in [0.1, 0.15) is 5.75 Å². The molecular weight excluding hydrogens is 332 g/mol. The summed E-state index contributed by atoms with van der Waals surface area (Å²) in [5, 5.41) is 9.52. The van der Waals surface area contributed by atoms with Crippen molar-refractivity contribution in [1.82, 2.24) is 0 Å². The molecular formula is C20H18N2O2S. The van der Waals surface area contributed by atoms with Crippen molar-refractivity contribution in [3.63, 3.8) is 0 Å². The number of methoxy groups -OCH3 is 1. The Labute approximate surface area is 151 Å². The fourth-order valence-electron chi connectivity index (χ4n) is 2.94.